The predicted octanol–water partition coefficient (Wildman–Crippen LogP) is 3.79. The predicted molar refractivity (Wildman–Crippen MR) is 94.0 cm³/mol. The maximum Gasteiger partial charge on any atom is 0.162 e. The number of benzene rings is 2. The minimum Gasteiger partial charge on any atom is -0.489 e. The second kappa shape index (κ2) is 7.90. The van der Waals surface area contributed by atoms with E-state index < -0.39 is 6.10 Å². The molecule has 1 aliphatic rings. The number of aliphatic hydroxyl groups excluding tert-OH is 1. The van der Waals surface area contributed by atoms with Crippen LogP contribution >= 0.6 is 0 Å². The van der Waals surface area contributed by atoms with Crippen molar-refractivity contribution in [3.63, 3.8) is 0 Å². The molecule has 1 saturated carbocycles. The van der Waals surface area contributed by atoms with Gasteiger partial charge < -0.3 is 14.6 Å². The highest BCUT2D eigenvalue weighted by molar-refractivity contribution is 5.48. The van der Waals surface area contributed by atoms with Gasteiger partial charge in [0, 0.05) is 5.56 Å². The van der Waals surface area contributed by atoms with Crippen LogP contribution in [0.25, 0.3) is 0 Å². The lowest BCUT2D eigenvalue weighted by Crippen LogP contribution is -2.03. The maximum atomic E-state index is 9.31. The number of hydrogen-bond donors (Lipinski definition) is 1. The van der Waals surface area contributed by atoms with Gasteiger partial charge in [0.1, 0.15) is 12.7 Å². The summed E-state index contributed by atoms with van der Waals surface area (Å²) in [6.07, 6.45) is 1.85. The zero-order chi connectivity index (χ0) is 16.8. The van der Waals surface area contributed by atoms with Crippen molar-refractivity contribution in [3.05, 3.63) is 59.7 Å². The van der Waals surface area contributed by atoms with Crippen LogP contribution in [0.3, 0.4) is 0 Å². The highest BCUT2D eigenvalue weighted by Gasteiger charge is 2.22. The average Bonchev–Trinajstić information content (AvgIpc) is 3.42. The van der Waals surface area contributed by atoms with Crippen LogP contribution in [-0.4, -0.2) is 17.8 Å². The molecule has 2 aromatic carbocycles. The summed E-state index contributed by atoms with van der Waals surface area (Å²) in [5, 5.41) is 9.31. The van der Waals surface area contributed by atoms with Crippen molar-refractivity contribution < 1.29 is 14.6 Å². The average molecular weight is 322 g/mol. The van der Waals surface area contributed by atoms with Crippen LogP contribution in [0.4, 0.5) is 0 Å². The third-order valence-corrected chi connectivity index (χ3v) is 3.78. The number of aliphatic hydroxyl groups is 1. The Morgan fingerprint density at radius 2 is 1.88 bits per heavy atom. The Bertz CT molecular complexity index is 722. The standard InChI is InChI=1S/C21H22O3/c1-16(22)7-8-17-11-12-20(23-15-19-9-10-19)21(13-17)24-14-18-5-3-2-4-6-18/h2-6,11-13,16,19,22H,9-10,14-15H2,1H3. The molecule has 0 spiro atoms. The van der Waals surface area contributed by atoms with E-state index in [1.807, 2.05) is 48.5 Å². The molecule has 3 rings (SSSR count). The van der Waals surface area contributed by atoms with Gasteiger partial charge in [-0.05, 0) is 49.4 Å². The molecule has 1 atom stereocenters. The fourth-order valence-electron chi connectivity index (χ4n) is 2.23. The van der Waals surface area contributed by atoms with Crippen molar-refractivity contribution in [2.75, 3.05) is 6.61 Å². The molecule has 0 radical (unpaired) electrons. The molecular formula is C21H22O3. The Balaban J connectivity index is 1.75. The monoisotopic (exact) mass is 322 g/mol. The van der Waals surface area contributed by atoms with Crippen LogP contribution in [0.1, 0.15) is 30.9 Å². The lowest BCUT2D eigenvalue weighted by molar-refractivity contribution is 0.253. The summed E-state index contributed by atoms with van der Waals surface area (Å²) in [5.41, 5.74) is 1.91. The highest BCUT2D eigenvalue weighted by atomic mass is 16.5. The van der Waals surface area contributed by atoms with E-state index in [2.05, 4.69) is 11.8 Å². The smallest absolute Gasteiger partial charge is 0.162 e. The van der Waals surface area contributed by atoms with Crippen molar-refractivity contribution in [2.45, 2.75) is 32.5 Å². The third-order valence-electron chi connectivity index (χ3n) is 3.78. The first-order valence-corrected chi connectivity index (χ1v) is 8.34. The molecule has 1 N–H and O–H groups in total. The summed E-state index contributed by atoms with van der Waals surface area (Å²) in [4.78, 5) is 0. The second-order valence-electron chi connectivity index (χ2n) is 6.14. The Labute approximate surface area is 143 Å². The van der Waals surface area contributed by atoms with Crippen molar-refractivity contribution in [2.24, 2.45) is 5.92 Å². The van der Waals surface area contributed by atoms with Crippen LogP contribution in [-0.2, 0) is 6.61 Å². The molecule has 0 amide bonds. The Morgan fingerprint density at radius 3 is 2.58 bits per heavy atom. The second-order valence-corrected chi connectivity index (χ2v) is 6.14. The minimum atomic E-state index is -0.649. The fraction of sp³-hybridized carbons (Fsp3) is 0.333. The molecule has 1 aliphatic carbocycles. The van der Waals surface area contributed by atoms with Crippen LogP contribution in [0.5, 0.6) is 11.5 Å². The molecule has 0 aromatic heterocycles. The van der Waals surface area contributed by atoms with E-state index in [1.165, 1.54) is 12.8 Å². The molecule has 124 valence electrons. The lowest BCUT2D eigenvalue weighted by Gasteiger charge is -2.13. The molecule has 0 heterocycles. The van der Waals surface area contributed by atoms with Crippen molar-refractivity contribution in [1.82, 2.24) is 0 Å². The number of ether oxygens (including phenoxy) is 2. The van der Waals surface area contributed by atoms with E-state index in [0.717, 1.165) is 23.5 Å². The molecule has 0 bridgehead atoms. The first kappa shape index (κ1) is 16.4. The molecule has 0 saturated heterocycles. The van der Waals surface area contributed by atoms with E-state index in [9.17, 15) is 5.11 Å². The summed E-state index contributed by atoms with van der Waals surface area (Å²) in [6, 6.07) is 15.7. The van der Waals surface area contributed by atoms with E-state index in [4.69, 9.17) is 9.47 Å². The molecule has 3 heteroatoms. The van der Waals surface area contributed by atoms with Gasteiger partial charge in [0.15, 0.2) is 11.5 Å². The molecule has 2 aromatic rings. The van der Waals surface area contributed by atoms with Gasteiger partial charge in [0.2, 0.25) is 0 Å². The molecule has 24 heavy (non-hydrogen) atoms. The van der Waals surface area contributed by atoms with Crippen molar-refractivity contribution >= 4 is 0 Å². The van der Waals surface area contributed by atoms with Crippen LogP contribution < -0.4 is 9.47 Å². The van der Waals surface area contributed by atoms with E-state index in [0.29, 0.717) is 18.3 Å². The summed E-state index contributed by atoms with van der Waals surface area (Å²) in [7, 11) is 0. The fourth-order valence-corrected chi connectivity index (χ4v) is 2.23. The largest absolute Gasteiger partial charge is 0.489 e. The van der Waals surface area contributed by atoms with Crippen LogP contribution in [0.2, 0.25) is 0 Å². The Hall–Kier alpha value is -2.44. The first-order chi connectivity index (χ1) is 11.7. The minimum absolute atomic E-state index is 0.480. The van der Waals surface area contributed by atoms with E-state index >= 15 is 0 Å². The molecule has 1 unspecified atom stereocenters. The van der Waals surface area contributed by atoms with Gasteiger partial charge in [0.05, 0.1) is 6.61 Å². The lowest BCUT2D eigenvalue weighted by atomic mass is 10.2. The Morgan fingerprint density at radius 1 is 1.08 bits per heavy atom. The molecule has 0 aliphatic heterocycles. The van der Waals surface area contributed by atoms with Crippen LogP contribution in [0, 0.1) is 17.8 Å². The number of rotatable bonds is 6. The highest BCUT2D eigenvalue weighted by Crippen LogP contribution is 2.33. The van der Waals surface area contributed by atoms with E-state index in [1.54, 1.807) is 6.92 Å². The van der Waals surface area contributed by atoms with Gasteiger partial charge in [-0.3, -0.25) is 0 Å². The van der Waals surface area contributed by atoms with Crippen molar-refractivity contribution in [1.29, 1.82) is 0 Å². The summed E-state index contributed by atoms with van der Waals surface area (Å²) >= 11 is 0. The number of hydrogen-bond acceptors (Lipinski definition) is 3. The van der Waals surface area contributed by atoms with Gasteiger partial charge in [-0.1, -0.05) is 42.2 Å². The molecule has 3 nitrogen and oxygen atoms in total. The summed E-state index contributed by atoms with van der Waals surface area (Å²) in [6.45, 7) is 2.86. The normalized spacial score (nSPS) is 14.4. The Kier molecular flexibility index (Phi) is 5.40. The van der Waals surface area contributed by atoms with Gasteiger partial charge in [-0.25, -0.2) is 0 Å². The third kappa shape index (κ3) is 5.04. The molecule has 1 fully saturated rings. The molecular weight excluding hydrogens is 300 g/mol. The summed E-state index contributed by atoms with van der Waals surface area (Å²) in [5.74, 6) is 7.83. The van der Waals surface area contributed by atoms with Crippen LogP contribution in [0.15, 0.2) is 48.5 Å². The van der Waals surface area contributed by atoms with E-state index in [-0.39, 0.29) is 0 Å². The summed E-state index contributed by atoms with van der Waals surface area (Å²) < 4.78 is 11.9. The quantitative estimate of drug-likeness (QED) is 0.823. The van der Waals surface area contributed by atoms with Gasteiger partial charge >= 0.3 is 0 Å². The van der Waals surface area contributed by atoms with Gasteiger partial charge in [-0.15, -0.1) is 0 Å². The van der Waals surface area contributed by atoms with Crippen molar-refractivity contribution in [3.8, 4) is 23.3 Å². The SMILES string of the molecule is CC(O)C#Cc1ccc(OCC2CC2)c(OCc2ccccc2)c1. The topological polar surface area (TPSA) is 38.7 Å². The zero-order valence-electron chi connectivity index (χ0n) is 13.9. The maximum absolute atomic E-state index is 9.31. The first-order valence-electron chi connectivity index (χ1n) is 8.34. The van der Waals surface area contributed by atoms with Gasteiger partial charge in [-0.2, -0.15) is 0 Å². The van der Waals surface area contributed by atoms with Gasteiger partial charge in [0.25, 0.3) is 0 Å². The zero-order valence-corrected chi connectivity index (χ0v) is 13.9.